The van der Waals surface area contributed by atoms with E-state index >= 15 is 0 Å². The molecular formula is C15H11F3N4O2. The lowest BCUT2D eigenvalue weighted by Crippen LogP contribution is -2.30. The Bertz CT molecular complexity index is 920. The van der Waals surface area contributed by atoms with Gasteiger partial charge < -0.3 is 10.2 Å². The smallest absolute Gasteiger partial charge is 0.417 e. The molecule has 2 aromatic heterocycles. The number of carbonyl (C=O) groups excluding carboxylic acids is 1. The van der Waals surface area contributed by atoms with Crippen LogP contribution in [0.5, 0.6) is 0 Å². The number of hydrogen-bond acceptors (Lipinski definition) is 5. The van der Waals surface area contributed by atoms with Gasteiger partial charge in [-0.05, 0) is 6.07 Å². The second-order valence-electron chi connectivity index (χ2n) is 4.92. The first-order chi connectivity index (χ1) is 11.3. The van der Waals surface area contributed by atoms with E-state index in [9.17, 15) is 18.0 Å². The summed E-state index contributed by atoms with van der Waals surface area (Å²) in [6, 6.07) is 9.13. The van der Waals surface area contributed by atoms with Gasteiger partial charge in [0.1, 0.15) is 0 Å². The van der Waals surface area contributed by atoms with Crippen LogP contribution in [0.1, 0.15) is 16.1 Å². The van der Waals surface area contributed by atoms with Crippen LogP contribution in [0.25, 0.3) is 22.4 Å². The predicted octanol–water partition coefficient (Wildman–Crippen LogP) is 2.70. The van der Waals surface area contributed by atoms with Gasteiger partial charge >= 0.3 is 12.1 Å². The van der Waals surface area contributed by atoms with Crippen molar-refractivity contribution in [1.29, 1.82) is 0 Å². The zero-order chi connectivity index (χ0) is 17.5. The lowest BCUT2D eigenvalue weighted by atomic mass is 10.1. The molecule has 0 saturated carbocycles. The number of carbonyl (C=O) groups is 1. The van der Waals surface area contributed by atoms with Gasteiger partial charge in [0.05, 0.1) is 22.3 Å². The summed E-state index contributed by atoms with van der Waals surface area (Å²) in [5.41, 5.74) is 6.03. The third-order valence-electron chi connectivity index (χ3n) is 3.41. The van der Waals surface area contributed by atoms with Gasteiger partial charge in [0, 0.05) is 5.56 Å². The number of halogens is 3. The predicted molar refractivity (Wildman–Crippen MR) is 80.5 cm³/mol. The first kappa shape index (κ1) is 15.8. The molecule has 0 aliphatic carbocycles. The molecular weight excluding hydrogens is 325 g/mol. The minimum Gasteiger partial charge on any atom is -0.430 e. The number of amides is 1. The van der Waals surface area contributed by atoms with Crippen molar-refractivity contribution in [2.45, 2.75) is 6.18 Å². The normalized spacial score (nSPS) is 11.7. The van der Waals surface area contributed by atoms with E-state index in [4.69, 9.17) is 16.0 Å². The molecule has 0 fully saturated rings. The number of nitrogen functional groups attached to an aromatic ring is 2. The van der Waals surface area contributed by atoms with E-state index in [1.807, 2.05) is 0 Å². The molecule has 2 heterocycles. The lowest BCUT2D eigenvalue weighted by Gasteiger charge is -2.10. The number of nitrogens with one attached hydrogen (secondary N) is 1. The molecule has 1 amide bonds. The summed E-state index contributed by atoms with van der Waals surface area (Å²) in [6.45, 7) is 0. The van der Waals surface area contributed by atoms with Crippen molar-refractivity contribution in [2.24, 2.45) is 5.84 Å². The Morgan fingerprint density at radius 1 is 1.21 bits per heavy atom. The summed E-state index contributed by atoms with van der Waals surface area (Å²) < 4.78 is 45.4. The van der Waals surface area contributed by atoms with Crippen LogP contribution in [-0.2, 0) is 6.18 Å². The summed E-state index contributed by atoms with van der Waals surface area (Å²) in [4.78, 5) is 15.7. The molecule has 0 unspecified atom stereocenters. The molecule has 124 valence electrons. The van der Waals surface area contributed by atoms with Crippen LogP contribution in [0.15, 0.2) is 40.8 Å². The number of benzene rings is 1. The van der Waals surface area contributed by atoms with E-state index in [2.05, 4.69) is 4.98 Å². The standard InChI is InChI=1S/C15H11F3N4O2/c16-15(17,18)8-6-9(7-4-2-1-3-5-7)21-14-10(8)11(19)12(24-14)13(23)22-20/h1-6H,19-20H2,(H,22,23). The average molecular weight is 336 g/mol. The fourth-order valence-corrected chi connectivity index (χ4v) is 2.34. The van der Waals surface area contributed by atoms with Crippen molar-refractivity contribution in [2.75, 3.05) is 5.73 Å². The summed E-state index contributed by atoms with van der Waals surface area (Å²) >= 11 is 0. The molecule has 9 heteroatoms. The monoisotopic (exact) mass is 336 g/mol. The molecule has 24 heavy (non-hydrogen) atoms. The average Bonchev–Trinajstić information content (AvgIpc) is 2.90. The second-order valence-corrected chi connectivity index (χ2v) is 4.92. The van der Waals surface area contributed by atoms with Gasteiger partial charge in [0.25, 0.3) is 0 Å². The number of fused-ring (bicyclic) bond motifs is 1. The van der Waals surface area contributed by atoms with Gasteiger partial charge in [0.15, 0.2) is 0 Å². The van der Waals surface area contributed by atoms with Crippen LogP contribution in [0.4, 0.5) is 18.9 Å². The van der Waals surface area contributed by atoms with E-state index in [0.29, 0.717) is 5.56 Å². The van der Waals surface area contributed by atoms with Crippen molar-refractivity contribution in [3.63, 3.8) is 0 Å². The van der Waals surface area contributed by atoms with Gasteiger partial charge in [-0.2, -0.15) is 13.2 Å². The Kier molecular flexibility index (Phi) is 3.64. The number of aromatic nitrogens is 1. The van der Waals surface area contributed by atoms with Crippen LogP contribution < -0.4 is 17.0 Å². The van der Waals surface area contributed by atoms with Crippen LogP contribution in [0.3, 0.4) is 0 Å². The molecule has 0 bridgehead atoms. The highest BCUT2D eigenvalue weighted by atomic mass is 19.4. The fraction of sp³-hybridized carbons (Fsp3) is 0.0667. The van der Waals surface area contributed by atoms with Crippen LogP contribution in [0, 0.1) is 0 Å². The summed E-state index contributed by atoms with van der Waals surface area (Å²) in [5.74, 6) is 3.52. The van der Waals surface area contributed by atoms with Crippen LogP contribution in [0.2, 0.25) is 0 Å². The largest absolute Gasteiger partial charge is 0.430 e. The molecule has 3 aromatic rings. The lowest BCUT2D eigenvalue weighted by molar-refractivity contribution is -0.136. The van der Waals surface area contributed by atoms with Crippen LogP contribution >= 0.6 is 0 Å². The van der Waals surface area contributed by atoms with E-state index in [1.54, 1.807) is 35.8 Å². The van der Waals surface area contributed by atoms with E-state index in [0.717, 1.165) is 6.07 Å². The first-order valence-electron chi connectivity index (χ1n) is 6.69. The maximum Gasteiger partial charge on any atom is 0.417 e. The molecule has 0 aliphatic heterocycles. The third kappa shape index (κ3) is 2.54. The van der Waals surface area contributed by atoms with E-state index < -0.39 is 34.5 Å². The van der Waals surface area contributed by atoms with Crippen LogP contribution in [-0.4, -0.2) is 10.9 Å². The van der Waals surface area contributed by atoms with Crippen molar-refractivity contribution in [1.82, 2.24) is 10.4 Å². The molecule has 1 aromatic carbocycles. The van der Waals surface area contributed by atoms with Crippen molar-refractivity contribution in [3.8, 4) is 11.3 Å². The summed E-state index contributed by atoms with van der Waals surface area (Å²) in [7, 11) is 0. The Labute approximate surface area is 133 Å². The van der Waals surface area contributed by atoms with Crippen molar-refractivity contribution >= 4 is 22.7 Å². The molecule has 0 aliphatic rings. The number of rotatable bonds is 2. The van der Waals surface area contributed by atoms with Crippen molar-refractivity contribution < 1.29 is 22.4 Å². The maximum absolute atomic E-state index is 13.4. The number of hydrogen-bond donors (Lipinski definition) is 3. The number of anilines is 1. The maximum atomic E-state index is 13.4. The van der Waals surface area contributed by atoms with E-state index in [-0.39, 0.29) is 11.4 Å². The topological polar surface area (TPSA) is 107 Å². The Balaban J connectivity index is 2.35. The molecule has 0 saturated heterocycles. The minimum atomic E-state index is -4.71. The number of pyridine rings is 1. The summed E-state index contributed by atoms with van der Waals surface area (Å²) in [5, 5.41) is -0.471. The summed E-state index contributed by atoms with van der Waals surface area (Å²) in [6.07, 6.45) is -4.71. The number of nitrogens with two attached hydrogens (primary N) is 2. The van der Waals surface area contributed by atoms with Gasteiger partial charge in [-0.25, -0.2) is 10.8 Å². The van der Waals surface area contributed by atoms with Gasteiger partial charge in [0.2, 0.25) is 11.5 Å². The quantitative estimate of drug-likeness (QED) is 0.379. The number of furan rings is 1. The Morgan fingerprint density at radius 2 is 1.88 bits per heavy atom. The zero-order valence-corrected chi connectivity index (χ0v) is 12.0. The molecule has 3 rings (SSSR count). The van der Waals surface area contributed by atoms with Crippen molar-refractivity contribution in [3.05, 3.63) is 47.7 Å². The Hall–Kier alpha value is -3.07. The number of alkyl halides is 3. The number of hydrazine groups is 1. The second kappa shape index (κ2) is 5.53. The molecule has 0 spiro atoms. The third-order valence-corrected chi connectivity index (χ3v) is 3.41. The Morgan fingerprint density at radius 3 is 2.46 bits per heavy atom. The highest BCUT2D eigenvalue weighted by Crippen LogP contribution is 2.41. The van der Waals surface area contributed by atoms with E-state index in [1.165, 1.54) is 0 Å². The van der Waals surface area contributed by atoms with Gasteiger partial charge in [-0.1, -0.05) is 30.3 Å². The van der Waals surface area contributed by atoms with Gasteiger partial charge in [-0.3, -0.25) is 10.2 Å². The fourth-order valence-electron chi connectivity index (χ4n) is 2.34. The SMILES string of the molecule is NNC(=O)c1oc2nc(-c3ccccc3)cc(C(F)(F)F)c2c1N. The van der Waals surface area contributed by atoms with Gasteiger partial charge in [-0.15, -0.1) is 0 Å². The first-order valence-corrected chi connectivity index (χ1v) is 6.69. The molecule has 6 nitrogen and oxygen atoms in total. The zero-order valence-electron chi connectivity index (χ0n) is 12.0. The highest BCUT2D eigenvalue weighted by Gasteiger charge is 2.37. The minimum absolute atomic E-state index is 0.0453. The molecule has 5 N–H and O–H groups in total. The highest BCUT2D eigenvalue weighted by molar-refractivity contribution is 6.06. The number of nitrogens with zero attached hydrogens (tertiary/aromatic N) is 1. The molecule has 0 radical (unpaired) electrons. The molecule has 0 atom stereocenters.